The van der Waals surface area contributed by atoms with Crippen molar-refractivity contribution >= 4 is 5.91 Å². The Morgan fingerprint density at radius 3 is 2.17 bits per heavy atom. The molecule has 0 heterocycles. The second kappa shape index (κ2) is 5.97. The van der Waals surface area contributed by atoms with Crippen LogP contribution in [0.25, 0.3) is 0 Å². The first-order valence-corrected chi connectivity index (χ1v) is 3.95. The molecule has 72 valence electrons. The molecule has 0 fully saturated rings. The second-order valence-electron chi connectivity index (χ2n) is 2.83. The Labute approximate surface area is 73.2 Å². The van der Waals surface area contributed by atoms with E-state index >= 15 is 0 Å². The summed E-state index contributed by atoms with van der Waals surface area (Å²) in [6.07, 6.45) is -0.200. The van der Waals surface area contributed by atoms with Crippen LogP contribution in [-0.4, -0.2) is 32.5 Å². The van der Waals surface area contributed by atoms with Gasteiger partial charge in [0.2, 0.25) is 5.91 Å². The van der Waals surface area contributed by atoms with E-state index in [9.17, 15) is 4.79 Å². The summed E-state index contributed by atoms with van der Waals surface area (Å²) in [5.74, 6) is -0.0568. The van der Waals surface area contributed by atoms with Crippen LogP contribution in [0.15, 0.2) is 0 Å². The predicted octanol–water partition coefficient (Wildman–Crippen LogP) is 0.520. The maximum atomic E-state index is 11.1. The van der Waals surface area contributed by atoms with E-state index in [1.165, 1.54) is 14.2 Å². The number of ether oxygens (including phenoxy) is 2. The van der Waals surface area contributed by atoms with Gasteiger partial charge in [0.15, 0.2) is 6.29 Å². The monoisotopic (exact) mass is 175 g/mol. The molecule has 1 amide bonds. The van der Waals surface area contributed by atoms with E-state index < -0.39 is 6.29 Å². The van der Waals surface area contributed by atoms with Crippen LogP contribution in [0, 0.1) is 0 Å². The molecule has 0 aromatic carbocycles. The van der Waals surface area contributed by atoms with Crippen molar-refractivity contribution in [2.24, 2.45) is 0 Å². The molecule has 12 heavy (non-hydrogen) atoms. The summed E-state index contributed by atoms with van der Waals surface area (Å²) < 4.78 is 9.74. The van der Waals surface area contributed by atoms with Crippen molar-refractivity contribution in [3.63, 3.8) is 0 Å². The minimum absolute atomic E-state index is 0.0568. The van der Waals surface area contributed by atoms with Gasteiger partial charge in [-0.3, -0.25) is 4.79 Å². The van der Waals surface area contributed by atoms with Crippen LogP contribution in [0.4, 0.5) is 0 Å². The zero-order valence-corrected chi connectivity index (χ0v) is 8.09. The Kier molecular flexibility index (Phi) is 5.66. The molecule has 0 rings (SSSR count). The van der Waals surface area contributed by atoms with Crippen LogP contribution < -0.4 is 5.32 Å². The Morgan fingerprint density at radius 1 is 1.33 bits per heavy atom. The Balaban J connectivity index is 3.66. The van der Waals surface area contributed by atoms with Gasteiger partial charge < -0.3 is 14.8 Å². The highest BCUT2D eigenvalue weighted by Crippen LogP contribution is 1.97. The summed E-state index contributed by atoms with van der Waals surface area (Å²) in [6.45, 7) is 3.82. The van der Waals surface area contributed by atoms with Gasteiger partial charge in [-0.15, -0.1) is 0 Å². The summed E-state index contributed by atoms with van der Waals surface area (Å²) in [5.41, 5.74) is 0. The third-order valence-corrected chi connectivity index (χ3v) is 1.33. The number of nitrogens with one attached hydrogen (secondary N) is 1. The van der Waals surface area contributed by atoms with Crippen LogP contribution >= 0.6 is 0 Å². The van der Waals surface area contributed by atoms with E-state index in [-0.39, 0.29) is 18.4 Å². The lowest BCUT2D eigenvalue weighted by atomic mass is 10.3. The van der Waals surface area contributed by atoms with E-state index in [0.29, 0.717) is 0 Å². The van der Waals surface area contributed by atoms with Gasteiger partial charge in [-0.25, -0.2) is 0 Å². The van der Waals surface area contributed by atoms with Gasteiger partial charge in [0.05, 0.1) is 6.42 Å². The topological polar surface area (TPSA) is 47.6 Å². The number of methoxy groups -OCH3 is 2. The zero-order valence-electron chi connectivity index (χ0n) is 8.09. The first-order chi connectivity index (χ1) is 5.60. The average Bonchev–Trinajstić information content (AvgIpc) is 1.98. The summed E-state index contributed by atoms with van der Waals surface area (Å²) in [4.78, 5) is 11.1. The number of carbonyl (C=O) groups is 1. The van der Waals surface area contributed by atoms with Crippen LogP contribution in [0.5, 0.6) is 0 Å². The van der Waals surface area contributed by atoms with Crippen molar-refractivity contribution in [2.75, 3.05) is 14.2 Å². The lowest BCUT2D eigenvalue weighted by molar-refractivity contribution is -0.139. The van der Waals surface area contributed by atoms with E-state index in [1.54, 1.807) is 0 Å². The third kappa shape index (κ3) is 5.09. The number of hydrogen-bond acceptors (Lipinski definition) is 3. The molecule has 1 N–H and O–H groups in total. The van der Waals surface area contributed by atoms with Gasteiger partial charge >= 0.3 is 0 Å². The molecule has 0 aliphatic rings. The van der Waals surface area contributed by atoms with Crippen molar-refractivity contribution < 1.29 is 14.3 Å². The van der Waals surface area contributed by atoms with E-state index in [2.05, 4.69) is 5.32 Å². The number of hydrogen-bond donors (Lipinski definition) is 1. The molecule has 0 aliphatic carbocycles. The highest BCUT2D eigenvalue weighted by Gasteiger charge is 2.11. The highest BCUT2D eigenvalue weighted by atomic mass is 16.7. The molecule has 0 aliphatic heterocycles. The zero-order chi connectivity index (χ0) is 9.56. The van der Waals surface area contributed by atoms with Gasteiger partial charge in [0.25, 0.3) is 0 Å². The standard InChI is InChI=1S/C8H17NO3/c1-6(2)9-7(10)5-8(11-3)12-4/h6,8H,5H2,1-4H3,(H,9,10). The maximum absolute atomic E-state index is 11.1. The minimum Gasteiger partial charge on any atom is -0.355 e. The van der Waals surface area contributed by atoms with Gasteiger partial charge in [0.1, 0.15) is 0 Å². The van der Waals surface area contributed by atoms with Crippen LogP contribution in [0.1, 0.15) is 20.3 Å². The van der Waals surface area contributed by atoms with Crippen LogP contribution in [-0.2, 0) is 14.3 Å². The summed E-state index contributed by atoms with van der Waals surface area (Å²) >= 11 is 0. The smallest absolute Gasteiger partial charge is 0.225 e. The molecular formula is C8H17NO3. The lowest BCUT2D eigenvalue weighted by Crippen LogP contribution is -2.33. The average molecular weight is 175 g/mol. The Hall–Kier alpha value is -0.610. The quantitative estimate of drug-likeness (QED) is 0.620. The summed E-state index contributed by atoms with van der Waals surface area (Å²) in [5, 5.41) is 2.74. The SMILES string of the molecule is COC(CC(=O)NC(C)C)OC. The first-order valence-electron chi connectivity index (χ1n) is 3.95. The van der Waals surface area contributed by atoms with E-state index in [4.69, 9.17) is 9.47 Å². The normalized spacial score (nSPS) is 10.8. The van der Waals surface area contributed by atoms with Gasteiger partial charge in [-0.05, 0) is 13.8 Å². The molecule has 0 unspecified atom stereocenters. The molecule has 0 aromatic heterocycles. The predicted molar refractivity (Wildman–Crippen MR) is 45.7 cm³/mol. The summed E-state index contributed by atoms with van der Waals surface area (Å²) in [6, 6.07) is 0.159. The first kappa shape index (κ1) is 11.4. The van der Waals surface area contributed by atoms with Crippen molar-refractivity contribution in [3.05, 3.63) is 0 Å². The van der Waals surface area contributed by atoms with Crippen LogP contribution in [0.2, 0.25) is 0 Å². The molecule has 0 saturated carbocycles. The molecule has 0 bridgehead atoms. The van der Waals surface area contributed by atoms with Crippen molar-refractivity contribution in [1.29, 1.82) is 0 Å². The second-order valence-corrected chi connectivity index (χ2v) is 2.83. The molecule has 4 nitrogen and oxygen atoms in total. The minimum atomic E-state index is -0.441. The Bertz CT molecular complexity index is 132. The number of amides is 1. The van der Waals surface area contributed by atoms with Crippen molar-refractivity contribution in [2.45, 2.75) is 32.6 Å². The number of carbonyl (C=O) groups excluding carboxylic acids is 1. The van der Waals surface area contributed by atoms with Crippen LogP contribution in [0.3, 0.4) is 0 Å². The molecule has 0 radical (unpaired) electrons. The number of rotatable bonds is 5. The fourth-order valence-corrected chi connectivity index (χ4v) is 0.795. The Morgan fingerprint density at radius 2 is 1.83 bits per heavy atom. The van der Waals surface area contributed by atoms with Gasteiger partial charge in [-0.1, -0.05) is 0 Å². The summed E-state index contributed by atoms with van der Waals surface area (Å²) in [7, 11) is 3.02. The molecule has 0 atom stereocenters. The third-order valence-electron chi connectivity index (χ3n) is 1.33. The fraction of sp³-hybridized carbons (Fsp3) is 0.875. The largest absolute Gasteiger partial charge is 0.355 e. The molecule has 0 aromatic rings. The van der Waals surface area contributed by atoms with Gasteiger partial charge in [-0.2, -0.15) is 0 Å². The van der Waals surface area contributed by atoms with Crippen molar-refractivity contribution in [3.8, 4) is 0 Å². The molecule has 0 saturated heterocycles. The molecular weight excluding hydrogens is 158 g/mol. The maximum Gasteiger partial charge on any atom is 0.225 e. The molecule has 0 spiro atoms. The van der Waals surface area contributed by atoms with E-state index in [0.717, 1.165) is 0 Å². The van der Waals surface area contributed by atoms with Gasteiger partial charge in [0, 0.05) is 20.3 Å². The highest BCUT2D eigenvalue weighted by molar-refractivity contribution is 5.76. The fourth-order valence-electron chi connectivity index (χ4n) is 0.795. The lowest BCUT2D eigenvalue weighted by Gasteiger charge is -2.14. The van der Waals surface area contributed by atoms with Crippen molar-refractivity contribution in [1.82, 2.24) is 5.32 Å². The molecule has 4 heteroatoms. The van der Waals surface area contributed by atoms with E-state index in [1.807, 2.05) is 13.8 Å².